The van der Waals surface area contributed by atoms with Crippen LogP contribution in [0.1, 0.15) is 35.5 Å². The fraction of sp³-hybridized carbons (Fsp3) is 0.308. The number of aromatic nitrogens is 1. The number of nitro groups is 1. The van der Waals surface area contributed by atoms with Gasteiger partial charge >= 0.3 is 0 Å². The summed E-state index contributed by atoms with van der Waals surface area (Å²) in [4.78, 5) is 40.4. The Kier molecular flexibility index (Phi) is 8.19. The molecule has 3 rings (SSSR count). The summed E-state index contributed by atoms with van der Waals surface area (Å²) in [6, 6.07) is 19.1. The maximum Gasteiger partial charge on any atom is 0.269 e. The average molecular weight is 463 g/mol. The zero-order valence-electron chi connectivity index (χ0n) is 19.8. The molecule has 0 saturated carbocycles. The normalized spacial score (nSPS) is 10.8. The lowest BCUT2D eigenvalue weighted by molar-refractivity contribution is -0.384. The van der Waals surface area contributed by atoms with Gasteiger partial charge in [-0.2, -0.15) is 0 Å². The van der Waals surface area contributed by atoms with Crippen molar-refractivity contribution in [3.63, 3.8) is 0 Å². The van der Waals surface area contributed by atoms with Crippen molar-refractivity contribution < 1.29 is 14.5 Å². The zero-order chi connectivity index (χ0) is 24.7. The topological polar surface area (TPSA) is 88.7 Å². The Bertz CT molecular complexity index is 1120. The van der Waals surface area contributed by atoms with E-state index in [4.69, 9.17) is 0 Å². The van der Waals surface area contributed by atoms with Crippen LogP contribution in [-0.2, 0) is 24.9 Å². The van der Waals surface area contributed by atoms with Gasteiger partial charge in [0.05, 0.1) is 11.5 Å². The van der Waals surface area contributed by atoms with Gasteiger partial charge in [-0.15, -0.1) is 0 Å². The Balaban J connectivity index is 1.82. The lowest BCUT2D eigenvalue weighted by atomic mass is 10.1. The van der Waals surface area contributed by atoms with E-state index in [0.717, 1.165) is 11.3 Å². The molecule has 0 saturated heterocycles. The number of nitrogens with zero attached hydrogens (tertiary/aromatic N) is 4. The lowest BCUT2D eigenvalue weighted by Gasteiger charge is -2.29. The Morgan fingerprint density at radius 1 is 0.941 bits per heavy atom. The van der Waals surface area contributed by atoms with Crippen molar-refractivity contribution in [2.24, 2.45) is 13.0 Å². The number of hydrogen-bond donors (Lipinski definition) is 0. The number of aryl methyl sites for hydroxylation is 1. The molecule has 178 valence electrons. The van der Waals surface area contributed by atoms with Gasteiger partial charge in [0.15, 0.2) is 0 Å². The molecular formula is C26H30N4O4. The van der Waals surface area contributed by atoms with Crippen LogP contribution in [0.3, 0.4) is 0 Å². The van der Waals surface area contributed by atoms with Gasteiger partial charge in [0.25, 0.3) is 11.6 Å². The molecule has 0 bridgehead atoms. The summed E-state index contributed by atoms with van der Waals surface area (Å²) in [6.07, 6.45) is 1.93. The SMILES string of the molecule is CC(C)CN(CC(=O)N(Cc1ccccc1)Cc1cccn1C)C(=O)c1ccc([N+](=O)[O-])cc1. The molecule has 8 nitrogen and oxygen atoms in total. The number of carbonyl (C=O) groups excluding carboxylic acids is 2. The first-order valence-electron chi connectivity index (χ1n) is 11.2. The Morgan fingerprint density at radius 2 is 1.62 bits per heavy atom. The van der Waals surface area contributed by atoms with Crippen LogP contribution in [0, 0.1) is 16.0 Å². The molecule has 3 aromatic rings. The fourth-order valence-corrected chi connectivity index (χ4v) is 3.72. The van der Waals surface area contributed by atoms with Crippen LogP contribution in [-0.4, -0.2) is 44.2 Å². The minimum absolute atomic E-state index is 0.0781. The van der Waals surface area contributed by atoms with E-state index in [1.807, 2.05) is 74.1 Å². The van der Waals surface area contributed by atoms with Crippen LogP contribution in [0.25, 0.3) is 0 Å². The molecule has 1 aromatic heterocycles. The van der Waals surface area contributed by atoms with Crippen molar-refractivity contribution in [2.75, 3.05) is 13.1 Å². The highest BCUT2D eigenvalue weighted by atomic mass is 16.6. The van der Waals surface area contributed by atoms with Crippen molar-refractivity contribution in [1.29, 1.82) is 0 Å². The van der Waals surface area contributed by atoms with E-state index < -0.39 is 4.92 Å². The number of rotatable bonds is 10. The number of non-ortho nitro benzene ring substituents is 1. The molecule has 2 amide bonds. The molecule has 2 aromatic carbocycles. The van der Waals surface area contributed by atoms with Gasteiger partial charge in [0.1, 0.15) is 6.54 Å². The van der Waals surface area contributed by atoms with E-state index in [1.54, 1.807) is 4.90 Å². The second kappa shape index (κ2) is 11.3. The lowest BCUT2D eigenvalue weighted by Crippen LogP contribution is -2.44. The predicted molar refractivity (Wildman–Crippen MR) is 130 cm³/mol. The van der Waals surface area contributed by atoms with Crippen LogP contribution in [0.2, 0.25) is 0 Å². The second-order valence-corrected chi connectivity index (χ2v) is 8.73. The summed E-state index contributed by atoms with van der Waals surface area (Å²) in [5, 5.41) is 10.9. The van der Waals surface area contributed by atoms with Crippen molar-refractivity contribution >= 4 is 17.5 Å². The molecule has 0 aliphatic rings. The standard InChI is InChI=1S/C26H30N4O4/c1-20(2)16-29(26(32)22-11-13-23(14-12-22)30(33)34)19-25(31)28(17-21-8-5-4-6-9-21)18-24-10-7-15-27(24)3/h4-15,20H,16-19H2,1-3H3. The molecule has 0 N–H and O–H groups in total. The first kappa shape index (κ1) is 24.7. The Labute approximate surface area is 199 Å². The quantitative estimate of drug-likeness (QED) is 0.333. The summed E-state index contributed by atoms with van der Waals surface area (Å²) in [5.41, 5.74) is 2.22. The third-order valence-electron chi connectivity index (χ3n) is 5.50. The van der Waals surface area contributed by atoms with Crippen LogP contribution in [0.4, 0.5) is 5.69 Å². The summed E-state index contributed by atoms with van der Waals surface area (Å²) < 4.78 is 1.97. The van der Waals surface area contributed by atoms with Crippen molar-refractivity contribution in [1.82, 2.24) is 14.4 Å². The van der Waals surface area contributed by atoms with Crippen molar-refractivity contribution in [3.8, 4) is 0 Å². The highest BCUT2D eigenvalue weighted by molar-refractivity contribution is 5.96. The molecule has 0 fully saturated rings. The van der Waals surface area contributed by atoms with Gasteiger partial charge in [-0.25, -0.2) is 0 Å². The molecule has 0 aliphatic heterocycles. The average Bonchev–Trinajstić information content (AvgIpc) is 3.22. The zero-order valence-corrected chi connectivity index (χ0v) is 19.8. The maximum absolute atomic E-state index is 13.5. The highest BCUT2D eigenvalue weighted by Gasteiger charge is 2.24. The summed E-state index contributed by atoms with van der Waals surface area (Å²) in [5.74, 6) is -0.346. The first-order chi connectivity index (χ1) is 16.2. The number of amides is 2. The molecule has 0 unspecified atom stereocenters. The number of hydrogen-bond acceptors (Lipinski definition) is 4. The van der Waals surface area contributed by atoms with Crippen LogP contribution >= 0.6 is 0 Å². The van der Waals surface area contributed by atoms with E-state index in [9.17, 15) is 19.7 Å². The largest absolute Gasteiger partial charge is 0.353 e. The van der Waals surface area contributed by atoms with E-state index in [-0.39, 0.29) is 30.0 Å². The van der Waals surface area contributed by atoms with Crippen molar-refractivity contribution in [2.45, 2.75) is 26.9 Å². The maximum atomic E-state index is 13.5. The van der Waals surface area contributed by atoms with Gasteiger partial charge < -0.3 is 14.4 Å². The minimum atomic E-state index is -0.505. The van der Waals surface area contributed by atoms with E-state index in [0.29, 0.717) is 25.2 Å². The van der Waals surface area contributed by atoms with Gasteiger partial charge in [-0.05, 0) is 35.7 Å². The Morgan fingerprint density at radius 3 is 2.18 bits per heavy atom. The molecule has 8 heteroatoms. The van der Waals surface area contributed by atoms with E-state index >= 15 is 0 Å². The number of nitro benzene ring substituents is 1. The van der Waals surface area contributed by atoms with Crippen LogP contribution in [0.5, 0.6) is 0 Å². The molecule has 0 atom stereocenters. The van der Waals surface area contributed by atoms with E-state index in [2.05, 4.69) is 0 Å². The molecule has 34 heavy (non-hydrogen) atoms. The molecule has 0 spiro atoms. The summed E-state index contributed by atoms with van der Waals surface area (Å²) >= 11 is 0. The Hall–Kier alpha value is -3.94. The van der Waals surface area contributed by atoms with Gasteiger partial charge in [-0.3, -0.25) is 19.7 Å². The fourth-order valence-electron chi connectivity index (χ4n) is 3.72. The molecule has 0 aliphatic carbocycles. The summed E-state index contributed by atoms with van der Waals surface area (Å²) in [6.45, 7) is 5.11. The highest BCUT2D eigenvalue weighted by Crippen LogP contribution is 2.16. The number of carbonyl (C=O) groups is 2. The third kappa shape index (κ3) is 6.54. The van der Waals surface area contributed by atoms with Crippen LogP contribution in [0.15, 0.2) is 72.9 Å². The second-order valence-electron chi connectivity index (χ2n) is 8.73. The smallest absolute Gasteiger partial charge is 0.269 e. The molecule has 1 heterocycles. The first-order valence-corrected chi connectivity index (χ1v) is 11.2. The predicted octanol–water partition coefficient (Wildman–Crippen LogP) is 4.26. The molecular weight excluding hydrogens is 432 g/mol. The van der Waals surface area contributed by atoms with Gasteiger partial charge in [0, 0.05) is 49.7 Å². The van der Waals surface area contributed by atoms with Gasteiger partial charge in [0.2, 0.25) is 5.91 Å². The monoisotopic (exact) mass is 462 g/mol. The van der Waals surface area contributed by atoms with E-state index in [1.165, 1.54) is 29.2 Å². The summed E-state index contributed by atoms with van der Waals surface area (Å²) in [7, 11) is 1.93. The van der Waals surface area contributed by atoms with Crippen molar-refractivity contribution in [3.05, 3.63) is 99.9 Å². The third-order valence-corrected chi connectivity index (χ3v) is 5.50. The van der Waals surface area contributed by atoms with Crippen LogP contribution < -0.4 is 0 Å². The minimum Gasteiger partial charge on any atom is -0.353 e. The molecule has 0 radical (unpaired) electrons. The number of benzene rings is 2. The van der Waals surface area contributed by atoms with Gasteiger partial charge in [-0.1, -0.05) is 44.2 Å².